The summed E-state index contributed by atoms with van der Waals surface area (Å²) in [6.45, 7) is 1.92. The fourth-order valence-corrected chi connectivity index (χ4v) is 3.44. The number of anilines is 1. The molecule has 2 saturated heterocycles. The first-order chi connectivity index (χ1) is 14.6. The summed E-state index contributed by atoms with van der Waals surface area (Å²) in [4.78, 5) is 30.2. The van der Waals surface area contributed by atoms with Crippen molar-refractivity contribution in [1.82, 2.24) is 10.3 Å². The number of carbonyl (C=O) groups is 2. The Labute approximate surface area is 179 Å². The van der Waals surface area contributed by atoms with Crippen LogP contribution < -0.4 is 15.0 Å². The van der Waals surface area contributed by atoms with Crippen LogP contribution in [0, 0.1) is 0 Å². The van der Waals surface area contributed by atoms with E-state index in [-0.39, 0.29) is 18.6 Å². The van der Waals surface area contributed by atoms with Crippen molar-refractivity contribution < 1.29 is 23.8 Å². The van der Waals surface area contributed by atoms with E-state index in [0.717, 1.165) is 12.8 Å². The van der Waals surface area contributed by atoms with Crippen LogP contribution in [0.1, 0.15) is 23.2 Å². The predicted octanol–water partition coefficient (Wildman–Crippen LogP) is 3.05. The van der Waals surface area contributed by atoms with Gasteiger partial charge in [-0.2, -0.15) is 0 Å². The molecule has 1 N–H and O–H groups in total. The van der Waals surface area contributed by atoms with Gasteiger partial charge in [0.15, 0.2) is 0 Å². The highest BCUT2D eigenvalue weighted by molar-refractivity contribution is 6.30. The van der Waals surface area contributed by atoms with Crippen LogP contribution in [-0.4, -0.2) is 55.5 Å². The van der Waals surface area contributed by atoms with Gasteiger partial charge in [0.25, 0.3) is 5.91 Å². The minimum absolute atomic E-state index is 0.0894. The molecule has 1 atom stereocenters. The lowest BCUT2D eigenvalue weighted by molar-refractivity contribution is 0.0237. The summed E-state index contributed by atoms with van der Waals surface area (Å²) in [6, 6.07) is 10.3. The molecular formula is C21H22ClN3O5. The van der Waals surface area contributed by atoms with Crippen molar-refractivity contribution in [2.24, 2.45) is 0 Å². The third-order valence-electron chi connectivity index (χ3n) is 4.96. The average molecular weight is 432 g/mol. The average Bonchev–Trinajstić information content (AvgIpc) is 3.14. The van der Waals surface area contributed by atoms with Gasteiger partial charge in [0.05, 0.1) is 31.9 Å². The van der Waals surface area contributed by atoms with Crippen LogP contribution >= 0.6 is 11.6 Å². The Kier molecular flexibility index (Phi) is 6.35. The van der Waals surface area contributed by atoms with Crippen LogP contribution in [0.2, 0.25) is 5.02 Å². The highest BCUT2D eigenvalue weighted by atomic mass is 35.5. The number of aromatic nitrogens is 1. The third kappa shape index (κ3) is 5.01. The Morgan fingerprint density at radius 2 is 1.97 bits per heavy atom. The smallest absolute Gasteiger partial charge is 0.414 e. The van der Waals surface area contributed by atoms with Crippen molar-refractivity contribution in [3.63, 3.8) is 0 Å². The molecule has 0 spiro atoms. The molecule has 1 unspecified atom stereocenters. The molecule has 0 radical (unpaired) electrons. The van der Waals surface area contributed by atoms with Gasteiger partial charge in [-0.15, -0.1) is 0 Å². The second-order valence-corrected chi connectivity index (χ2v) is 7.55. The maximum absolute atomic E-state index is 12.4. The number of cyclic esters (lactones) is 1. The molecule has 2 amide bonds. The quantitative estimate of drug-likeness (QED) is 0.756. The number of amides is 2. The number of hydrogen-bond acceptors (Lipinski definition) is 6. The van der Waals surface area contributed by atoms with E-state index in [4.69, 9.17) is 25.8 Å². The van der Waals surface area contributed by atoms with E-state index in [1.165, 1.54) is 11.1 Å². The van der Waals surface area contributed by atoms with Crippen LogP contribution in [0.15, 0.2) is 42.6 Å². The molecule has 3 heterocycles. The van der Waals surface area contributed by atoms with E-state index in [0.29, 0.717) is 41.9 Å². The molecule has 4 rings (SSSR count). The zero-order valence-corrected chi connectivity index (χ0v) is 17.0. The normalized spacial score (nSPS) is 19.4. The summed E-state index contributed by atoms with van der Waals surface area (Å²) in [7, 11) is 0. The topological polar surface area (TPSA) is 90.0 Å². The Morgan fingerprint density at radius 3 is 2.67 bits per heavy atom. The fourth-order valence-electron chi connectivity index (χ4n) is 3.32. The van der Waals surface area contributed by atoms with Gasteiger partial charge in [0.2, 0.25) is 5.88 Å². The van der Waals surface area contributed by atoms with Crippen molar-refractivity contribution in [2.75, 3.05) is 31.2 Å². The van der Waals surface area contributed by atoms with Gasteiger partial charge >= 0.3 is 6.09 Å². The van der Waals surface area contributed by atoms with E-state index in [2.05, 4.69) is 10.3 Å². The minimum Gasteiger partial charge on any atom is -0.474 e. The number of hydrogen-bond donors (Lipinski definition) is 1. The van der Waals surface area contributed by atoms with Crippen molar-refractivity contribution >= 4 is 29.3 Å². The fraction of sp³-hybridized carbons (Fsp3) is 0.381. The number of nitrogens with one attached hydrogen (secondary N) is 1. The van der Waals surface area contributed by atoms with Crippen molar-refractivity contribution in [3.05, 3.63) is 53.2 Å². The van der Waals surface area contributed by atoms with Gasteiger partial charge in [-0.1, -0.05) is 11.6 Å². The molecule has 8 nitrogen and oxygen atoms in total. The molecule has 0 saturated carbocycles. The largest absolute Gasteiger partial charge is 0.474 e. The molecule has 2 aliphatic heterocycles. The summed E-state index contributed by atoms with van der Waals surface area (Å²) >= 11 is 5.88. The summed E-state index contributed by atoms with van der Waals surface area (Å²) in [5.41, 5.74) is 1.11. The highest BCUT2D eigenvalue weighted by Crippen LogP contribution is 2.23. The number of rotatable bonds is 6. The zero-order valence-electron chi connectivity index (χ0n) is 16.3. The first kappa shape index (κ1) is 20.4. The number of ether oxygens (including phenoxy) is 3. The van der Waals surface area contributed by atoms with Gasteiger partial charge in [-0.3, -0.25) is 9.69 Å². The second-order valence-electron chi connectivity index (χ2n) is 7.12. The lowest BCUT2D eigenvalue weighted by Crippen LogP contribution is -2.34. The molecule has 1 aromatic heterocycles. The molecule has 2 fully saturated rings. The van der Waals surface area contributed by atoms with Crippen molar-refractivity contribution in [1.29, 1.82) is 0 Å². The first-order valence-electron chi connectivity index (χ1n) is 9.81. The molecule has 158 valence electrons. The monoisotopic (exact) mass is 431 g/mol. The molecular weight excluding hydrogens is 410 g/mol. The summed E-state index contributed by atoms with van der Waals surface area (Å²) < 4.78 is 16.5. The van der Waals surface area contributed by atoms with Crippen LogP contribution in [-0.2, 0) is 9.47 Å². The van der Waals surface area contributed by atoms with E-state index >= 15 is 0 Å². The van der Waals surface area contributed by atoms with Crippen LogP contribution in [0.25, 0.3) is 0 Å². The number of nitrogens with zero attached hydrogens (tertiary/aromatic N) is 2. The molecule has 2 aromatic rings. The van der Waals surface area contributed by atoms with Gasteiger partial charge in [-0.05, 0) is 30.3 Å². The predicted molar refractivity (Wildman–Crippen MR) is 110 cm³/mol. The first-order valence-corrected chi connectivity index (χ1v) is 10.2. The summed E-state index contributed by atoms with van der Waals surface area (Å²) in [5.74, 6) is 0.197. The number of pyridine rings is 1. The number of carbonyl (C=O) groups excluding carboxylic acids is 2. The van der Waals surface area contributed by atoms with Crippen LogP contribution in [0.3, 0.4) is 0 Å². The highest BCUT2D eigenvalue weighted by Gasteiger charge is 2.32. The van der Waals surface area contributed by atoms with E-state index < -0.39 is 12.2 Å². The maximum atomic E-state index is 12.4. The number of benzene rings is 1. The Hall–Kier alpha value is -2.84. The van der Waals surface area contributed by atoms with Crippen LogP contribution in [0.5, 0.6) is 5.88 Å². The third-order valence-corrected chi connectivity index (χ3v) is 5.21. The summed E-state index contributed by atoms with van der Waals surface area (Å²) in [6.07, 6.45) is 2.33. The Balaban J connectivity index is 1.27. The van der Waals surface area contributed by atoms with E-state index in [1.54, 1.807) is 36.4 Å². The summed E-state index contributed by atoms with van der Waals surface area (Å²) in [5, 5.41) is 3.37. The lowest BCUT2D eigenvalue weighted by Gasteiger charge is -2.22. The molecule has 9 heteroatoms. The van der Waals surface area contributed by atoms with Gasteiger partial charge in [0, 0.05) is 35.8 Å². The Bertz CT molecular complexity index is 885. The number of halogens is 1. The maximum Gasteiger partial charge on any atom is 0.414 e. The molecule has 0 aliphatic carbocycles. The molecule has 0 bridgehead atoms. The minimum atomic E-state index is -0.451. The van der Waals surface area contributed by atoms with Gasteiger partial charge < -0.3 is 19.5 Å². The van der Waals surface area contributed by atoms with Gasteiger partial charge in [0.1, 0.15) is 12.2 Å². The lowest BCUT2D eigenvalue weighted by atomic mass is 10.1. The van der Waals surface area contributed by atoms with E-state index in [1.807, 2.05) is 0 Å². The SMILES string of the molecule is O=C(NCC1CN(c2ccc(Cl)cc2)C(=O)O1)c1ccc(OC2CCOCC2)nc1. The second kappa shape index (κ2) is 9.32. The van der Waals surface area contributed by atoms with Crippen molar-refractivity contribution in [2.45, 2.75) is 25.0 Å². The van der Waals surface area contributed by atoms with E-state index in [9.17, 15) is 9.59 Å². The van der Waals surface area contributed by atoms with Crippen LogP contribution in [0.4, 0.5) is 10.5 Å². The molecule has 30 heavy (non-hydrogen) atoms. The van der Waals surface area contributed by atoms with Crippen molar-refractivity contribution in [3.8, 4) is 5.88 Å². The molecule has 2 aliphatic rings. The standard InChI is InChI=1S/C21H22ClN3O5/c22-15-2-4-16(5-3-15)25-13-18(30-21(25)27)12-24-20(26)14-1-6-19(23-11-14)29-17-7-9-28-10-8-17/h1-6,11,17-18H,7-10,12-13H2,(H,24,26). The molecule has 1 aromatic carbocycles. The zero-order chi connectivity index (χ0) is 20.9. The Morgan fingerprint density at radius 1 is 1.20 bits per heavy atom. The van der Waals surface area contributed by atoms with Gasteiger partial charge in [-0.25, -0.2) is 9.78 Å².